The van der Waals surface area contributed by atoms with Crippen LogP contribution in [0.25, 0.3) is 10.9 Å². The fraction of sp³-hybridized carbons (Fsp3) is 0.150. The Morgan fingerprint density at radius 1 is 1.00 bits per heavy atom. The smallest absolute Gasteiger partial charge is 0.0723 e. The van der Waals surface area contributed by atoms with Gasteiger partial charge in [-0.25, -0.2) is 0 Å². The molecule has 6 rings (SSSR count). The third-order valence-electron chi connectivity index (χ3n) is 5.53. The Balaban J connectivity index is 1.62. The Morgan fingerprint density at radius 2 is 1.88 bits per heavy atom. The molecule has 0 amide bonds. The molecule has 0 bridgehead atoms. The summed E-state index contributed by atoms with van der Waals surface area (Å²) in [6.07, 6.45) is 1.90. The van der Waals surface area contributed by atoms with Gasteiger partial charge in [-0.1, -0.05) is 22.0 Å². The van der Waals surface area contributed by atoms with Crippen LogP contribution in [-0.4, -0.2) is 10.2 Å². The largest absolute Gasteiger partial charge is 0.377 e. The number of nitrogens with zero attached hydrogens (tertiary/aromatic N) is 1. The highest BCUT2D eigenvalue weighted by Crippen LogP contribution is 2.57. The zero-order chi connectivity index (χ0) is 17.3. The monoisotopic (exact) mass is 422 g/mol. The number of hydrogen-bond donors (Lipinski definition) is 3. The van der Waals surface area contributed by atoms with Gasteiger partial charge in [0.25, 0.3) is 0 Å². The number of hydrogen-bond acceptors (Lipinski definition) is 4. The van der Waals surface area contributed by atoms with Gasteiger partial charge < -0.3 is 10.6 Å². The summed E-state index contributed by atoms with van der Waals surface area (Å²) in [5.41, 5.74) is 6.16. The Hall–Kier alpha value is -2.31. The summed E-state index contributed by atoms with van der Waals surface area (Å²) in [4.78, 5) is 1.37. The molecule has 4 aromatic rings. The van der Waals surface area contributed by atoms with E-state index in [2.05, 4.69) is 84.6 Å². The number of H-pyrrole nitrogens is 1. The van der Waals surface area contributed by atoms with Gasteiger partial charge in [0.05, 0.1) is 23.8 Å². The lowest BCUT2D eigenvalue weighted by atomic mass is 9.79. The van der Waals surface area contributed by atoms with E-state index in [1.807, 2.05) is 17.5 Å². The number of aromatic nitrogens is 2. The molecule has 0 spiro atoms. The number of aromatic amines is 1. The molecule has 0 aliphatic carbocycles. The Morgan fingerprint density at radius 3 is 2.77 bits per heavy atom. The summed E-state index contributed by atoms with van der Waals surface area (Å²) < 4.78 is 1.12. The number of fused-ring (bicyclic) bond motifs is 7. The SMILES string of the molecule is Brc1ccc2c(c1)[C@@H]1[C@H](N2)c2c(ccc3cn[nH]c23)N[C@H]1c1cccs1. The number of halogens is 1. The van der Waals surface area contributed by atoms with Gasteiger partial charge in [0.2, 0.25) is 0 Å². The van der Waals surface area contributed by atoms with E-state index in [4.69, 9.17) is 0 Å². The number of anilines is 2. The van der Waals surface area contributed by atoms with E-state index in [0.29, 0.717) is 5.92 Å². The van der Waals surface area contributed by atoms with Gasteiger partial charge in [0.1, 0.15) is 0 Å². The van der Waals surface area contributed by atoms with Crippen molar-refractivity contribution in [3.63, 3.8) is 0 Å². The molecule has 6 heteroatoms. The molecule has 3 N–H and O–H groups in total. The molecule has 2 aromatic heterocycles. The Kier molecular flexibility index (Phi) is 3.05. The normalized spacial score (nSPS) is 23.0. The minimum Gasteiger partial charge on any atom is -0.377 e. The average Bonchev–Trinajstić information content (AvgIpc) is 3.39. The maximum Gasteiger partial charge on any atom is 0.0723 e. The molecule has 0 unspecified atom stereocenters. The zero-order valence-electron chi connectivity index (χ0n) is 13.7. The molecular weight excluding hydrogens is 408 g/mol. The molecule has 0 radical (unpaired) electrons. The third-order valence-corrected chi connectivity index (χ3v) is 6.98. The van der Waals surface area contributed by atoms with Crippen molar-refractivity contribution in [2.24, 2.45) is 0 Å². The molecule has 0 saturated heterocycles. The van der Waals surface area contributed by atoms with Gasteiger partial charge in [0.15, 0.2) is 0 Å². The predicted molar refractivity (Wildman–Crippen MR) is 110 cm³/mol. The van der Waals surface area contributed by atoms with Crippen LogP contribution in [0.15, 0.2) is 58.5 Å². The average molecular weight is 423 g/mol. The van der Waals surface area contributed by atoms with Gasteiger partial charge >= 0.3 is 0 Å². The third kappa shape index (κ3) is 1.97. The highest BCUT2D eigenvalue weighted by molar-refractivity contribution is 9.10. The van der Waals surface area contributed by atoms with Crippen LogP contribution in [0.5, 0.6) is 0 Å². The van der Waals surface area contributed by atoms with Gasteiger partial charge in [-0.3, -0.25) is 5.10 Å². The minimum absolute atomic E-state index is 0.215. The summed E-state index contributed by atoms with van der Waals surface area (Å²) >= 11 is 5.47. The molecule has 0 saturated carbocycles. The van der Waals surface area contributed by atoms with Gasteiger partial charge in [0, 0.05) is 37.6 Å². The first-order valence-corrected chi connectivity index (χ1v) is 10.3. The van der Waals surface area contributed by atoms with Crippen LogP contribution in [0, 0.1) is 0 Å². The maximum absolute atomic E-state index is 4.27. The second-order valence-corrected chi connectivity index (χ2v) is 8.77. The van der Waals surface area contributed by atoms with E-state index in [9.17, 15) is 0 Å². The lowest BCUT2D eigenvalue weighted by Crippen LogP contribution is -2.29. The van der Waals surface area contributed by atoms with Crippen LogP contribution < -0.4 is 10.6 Å². The lowest BCUT2D eigenvalue weighted by molar-refractivity contribution is 0.528. The number of thiophene rings is 1. The van der Waals surface area contributed by atoms with E-state index < -0.39 is 0 Å². The van der Waals surface area contributed by atoms with Crippen molar-refractivity contribution in [3.8, 4) is 0 Å². The van der Waals surface area contributed by atoms with E-state index in [0.717, 1.165) is 15.4 Å². The first-order chi connectivity index (χ1) is 12.8. The van der Waals surface area contributed by atoms with E-state index >= 15 is 0 Å². The highest BCUT2D eigenvalue weighted by atomic mass is 79.9. The van der Waals surface area contributed by atoms with Crippen molar-refractivity contribution in [2.45, 2.75) is 18.0 Å². The minimum atomic E-state index is 0.215. The van der Waals surface area contributed by atoms with Crippen molar-refractivity contribution in [1.29, 1.82) is 0 Å². The van der Waals surface area contributed by atoms with Crippen molar-refractivity contribution in [2.75, 3.05) is 10.6 Å². The van der Waals surface area contributed by atoms with E-state index in [1.165, 1.54) is 27.4 Å². The van der Waals surface area contributed by atoms with Crippen LogP contribution in [-0.2, 0) is 0 Å². The number of nitrogens with one attached hydrogen (secondary N) is 3. The summed E-state index contributed by atoms with van der Waals surface area (Å²) in [6, 6.07) is 15.7. The van der Waals surface area contributed by atoms with Crippen LogP contribution in [0.4, 0.5) is 11.4 Å². The quantitative estimate of drug-likeness (QED) is 0.363. The lowest BCUT2D eigenvalue weighted by Gasteiger charge is -2.37. The van der Waals surface area contributed by atoms with Crippen molar-refractivity contribution >= 4 is 49.5 Å². The summed E-state index contributed by atoms with van der Waals surface area (Å²) in [5.74, 6) is 0.322. The van der Waals surface area contributed by atoms with E-state index in [1.54, 1.807) is 0 Å². The highest BCUT2D eigenvalue weighted by Gasteiger charge is 2.45. The first kappa shape index (κ1) is 14.8. The van der Waals surface area contributed by atoms with Crippen LogP contribution >= 0.6 is 27.3 Å². The molecule has 4 nitrogen and oxygen atoms in total. The van der Waals surface area contributed by atoms with Crippen molar-refractivity contribution < 1.29 is 0 Å². The number of rotatable bonds is 1. The topological polar surface area (TPSA) is 52.7 Å². The summed E-state index contributed by atoms with van der Waals surface area (Å²) in [5, 5.41) is 18.4. The molecule has 128 valence electrons. The fourth-order valence-corrected chi connectivity index (χ4v) is 5.66. The zero-order valence-corrected chi connectivity index (χ0v) is 16.1. The molecular formula is C20H15BrN4S. The molecule has 2 aliphatic rings. The molecule has 4 heterocycles. The van der Waals surface area contributed by atoms with Crippen molar-refractivity contribution in [1.82, 2.24) is 10.2 Å². The van der Waals surface area contributed by atoms with Gasteiger partial charge in [-0.2, -0.15) is 5.10 Å². The van der Waals surface area contributed by atoms with Crippen molar-refractivity contribution in [3.05, 3.63) is 74.5 Å². The van der Waals surface area contributed by atoms with Crippen LogP contribution in [0.3, 0.4) is 0 Å². The second kappa shape index (κ2) is 5.34. The van der Waals surface area contributed by atoms with Crippen LogP contribution in [0.2, 0.25) is 0 Å². The molecule has 0 fully saturated rings. The standard InChI is InChI=1S/C20H15BrN4S/c21-11-4-6-13-12(8-11)16-19(15-2-1-7-26-15)24-14-5-3-10-9-22-25-18(10)17(14)20(16)23-13/h1-9,16,19-20,23-24H,(H,22,25)/t16-,19-,20-/m0/s1. The summed E-state index contributed by atoms with van der Waals surface area (Å²) in [6.45, 7) is 0. The summed E-state index contributed by atoms with van der Waals surface area (Å²) in [7, 11) is 0. The molecule has 2 aromatic carbocycles. The second-order valence-electron chi connectivity index (χ2n) is 6.88. The first-order valence-electron chi connectivity index (χ1n) is 8.61. The molecule has 3 atom stereocenters. The van der Waals surface area contributed by atoms with Gasteiger partial charge in [-0.05, 0) is 47.3 Å². The van der Waals surface area contributed by atoms with E-state index in [-0.39, 0.29) is 12.1 Å². The molecule has 26 heavy (non-hydrogen) atoms. The van der Waals surface area contributed by atoms with Gasteiger partial charge in [-0.15, -0.1) is 11.3 Å². The number of benzene rings is 2. The Bertz CT molecular complexity index is 1130. The Labute approximate surface area is 162 Å². The van der Waals surface area contributed by atoms with Crippen LogP contribution in [0.1, 0.15) is 34.0 Å². The maximum atomic E-state index is 4.27. The molecule has 2 aliphatic heterocycles. The fourth-order valence-electron chi connectivity index (χ4n) is 4.46. The predicted octanol–water partition coefficient (Wildman–Crippen LogP) is 5.80.